The van der Waals surface area contributed by atoms with Gasteiger partial charge in [0.1, 0.15) is 0 Å². The molecule has 0 aliphatic carbocycles. The summed E-state index contributed by atoms with van der Waals surface area (Å²) in [7, 11) is 1.73. The smallest absolute Gasteiger partial charge is 0.238 e. The Morgan fingerprint density at radius 1 is 1.16 bits per heavy atom. The molecule has 0 spiro atoms. The number of likely N-dealkylation sites (N-methyl/N-ethyl adjacent to an activating group) is 1. The number of hydrogen-bond acceptors (Lipinski definition) is 4. The Morgan fingerprint density at radius 2 is 1.88 bits per heavy atom. The highest BCUT2D eigenvalue weighted by Gasteiger charge is 2.19. The molecule has 1 aromatic carbocycles. The maximum Gasteiger partial charge on any atom is 0.238 e. The van der Waals surface area contributed by atoms with Crippen LogP contribution in [0.2, 0.25) is 0 Å². The van der Waals surface area contributed by atoms with E-state index in [9.17, 15) is 14.4 Å². The molecule has 136 valence electrons. The van der Waals surface area contributed by atoms with E-state index in [1.54, 1.807) is 11.9 Å². The zero-order valence-corrected chi connectivity index (χ0v) is 14.7. The van der Waals surface area contributed by atoms with E-state index in [0.29, 0.717) is 19.5 Å². The van der Waals surface area contributed by atoms with Crippen LogP contribution in [0.5, 0.6) is 0 Å². The standard InChI is InChI=1S/C18H26N4O3/c1-21(14-17(24)20-15-7-3-2-4-8-15)13-16(23)19-10-6-12-22-11-5-9-18(22)25/h2-4,7-8H,5-6,9-14H2,1H3,(H,19,23)(H,20,24). The first-order valence-electron chi connectivity index (χ1n) is 8.62. The quantitative estimate of drug-likeness (QED) is 0.645. The third-order valence-electron chi connectivity index (χ3n) is 3.98. The maximum atomic E-state index is 11.9. The number of para-hydroxylation sites is 1. The molecule has 0 radical (unpaired) electrons. The predicted octanol–water partition coefficient (Wildman–Crippen LogP) is 0.686. The van der Waals surface area contributed by atoms with Crippen LogP contribution in [0.25, 0.3) is 0 Å². The number of nitrogens with zero attached hydrogens (tertiary/aromatic N) is 2. The molecule has 1 aliphatic heterocycles. The van der Waals surface area contributed by atoms with Gasteiger partial charge in [-0.05, 0) is 32.0 Å². The number of benzene rings is 1. The lowest BCUT2D eigenvalue weighted by Gasteiger charge is -2.17. The first kappa shape index (κ1) is 18.9. The van der Waals surface area contributed by atoms with Crippen molar-refractivity contribution in [2.75, 3.05) is 45.1 Å². The Morgan fingerprint density at radius 3 is 2.56 bits per heavy atom. The van der Waals surface area contributed by atoms with Gasteiger partial charge in [0.2, 0.25) is 17.7 Å². The van der Waals surface area contributed by atoms with Crippen molar-refractivity contribution in [1.82, 2.24) is 15.1 Å². The fourth-order valence-electron chi connectivity index (χ4n) is 2.76. The van der Waals surface area contributed by atoms with Gasteiger partial charge in [0.25, 0.3) is 0 Å². The summed E-state index contributed by atoms with van der Waals surface area (Å²) in [5, 5.41) is 5.61. The summed E-state index contributed by atoms with van der Waals surface area (Å²) in [6.45, 7) is 2.35. The molecule has 25 heavy (non-hydrogen) atoms. The van der Waals surface area contributed by atoms with Crippen LogP contribution in [0.1, 0.15) is 19.3 Å². The summed E-state index contributed by atoms with van der Waals surface area (Å²) >= 11 is 0. The molecule has 3 amide bonds. The van der Waals surface area contributed by atoms with E-state index in [4.69, 9.17) is 0 Å². The molecule has 0 aromatic heterocycles. The lowest BCUT2D eigenvalue weighted by atomic mass is 10.3. The summed E-state index contributed by atoms with van der Waals surface area (Å²) in [6, 6.07) is 9.21. The predicted molar refractivity (Wildman–Crippen MR) is 96.0 cm³/mol. The lowest BCUT2D eigenvalue weighted by molar-refractivity contribution is -0.127. The van der Waals surface area contributed by atoms with E-state index < -0.39 is 0 Å². The molecule has 1 saturated heterocycles. The number of hydrogen-bond donors (Lipinski definition) is 2. The number of carbonyl (C=O) groups excluding carboxylic acids is 3. The summed E-state index contributed by atoms with van der Waals surface area (Å²) in [4.78, 5) is 38.8. The molecular weight excluding hydrogens is 320 g/mol. The molecule has 0 unspecified atom stereocenters. The summed E-state index contributed by atoms with van der Waals surface area (Å²) < 4.78 is 0. The number of amides is 3. The van der Waals surface area contributed by atoms with E-state index in [1.165, 1.54) is 0 Å². The van der Waals surface area contributed by atoms with Gasteiger partial charge in [0.15, 0.2) is 0 Å². The number of rotatable bonds is 9. The van der Waals surface area contributed by atoms with E-state index >= 15 is 0 Å². The van der Waals surface area contributed by atoms with Crippen molar-refractivity contribution in [2.45, 2.75) is 19.3 Å². The molecule has 2 N–H and O–H groups in total. The van der Waals surface area contributed by atoms with Gasteiger partial charge in [0.05, 0.1) is 13.1 Å². The molecule has 0 bridgehead atoms. The summed E-state index contributed by atoms with van der Waals surface area (Å²) in [5.74, 6) is -0.0766. The molecule has 2 rings (SSSR count). The number of nitrogens with one attached hydrogen (secondary N) is 2. The third-order valence-corrected chi connectivity index (χ3v) is 3.98. The average Bonchev–Trinajstić information content (AvgIpc) is 2.97. The SMILES string of the molecule is CN(CC(=O)NCCCN1CCCC1=O)CC(=O)Nc1ccccc1. The van der Waals surface area contributed by atoms with Gasteiger partial charge >= 0.3 is 0 Å². The van der Waals surface area contributed by atoms with Crippen LogP contribution in [0.4, 0.5) is 5.69 Å². The van der Waals surface area contributed by atoms with Gasteiger partial charge in [-0.1, -0.05) is 18.2 Å². The molecule has 7 nitrogen and oxygen atoms in total. The van der Waals surface area contributed by atoms with Crippen LogP contribution >= 0.6 is 0 Å². The minimum atomic E-state index is -0.158. The van der Waals surface area contributed by atoms with Gasteiger partial charge in [-0.25, -0.2) is 0 Å². The first-order chi connectivity index (χ1) is 12.0. The van der Waals surface area contributed by atoms with Crippen LogP contribution < -0.4 is 10.6 Å². The van der Waals surface area contributed by atoms with E-state index in [2.05, 4.69) is 10.6 Å². The lowest BCUT2D eigenvalue weighted by Crippen LogP contribution is -2.39. The fraction of sp³-hybridized carbons (Fsp3) is 0.500. The minimum absolute atomic E-state index is 0.122. The largest absolute Gasteiger partial charge is 0.355 e. The number of anilines is 1. The first-order valence-corrected chi connectivity index (χ1v) is 8.62. The highest BCUT2D eigenvalue weighted by atomic mass is 16.2. The fourth-order valence-corrected chi connectivity index (χ4v) is 2.76. The van der Waals surface area contributed by atoms with E-state index in [0.717, 1.165) is 25.1 Å². The molecule has 0 saturated carbocycles. The zero-order chi connectivity index (χ0) is 18.1. The number of likely N-dealkylation sites (tertiary alicyclic amines) is 1. The van der Waals surface area contributed by atoms with Crippen molar-refractivity contribution in [3.63, 3.8) is 0 Å². The van der Waals surface area contributed by atoms with Crippen LogP contribution in [0, 0.1) is 0 Å². The molecule has 7 heteroatoms. The second-order valence-corrected chi connectivity index (χ2v) is 6.27. The molecular formula is C18H26N4O3. The zero-order valence-electron chi connectivity index (χ0n) is 14.7. The highest BCUT2D eigenvalue weighted by molar-refractivity contribution is 5.92. The van der Waals surface area contributed by atoms with Crippen molar-refractivity contribution >= 4 is 23.4 Å². The van der Waals surface area contributed by atoms with E-state index in [-0.39, 0.29) is 30.8 Å². The van der Waals surface area contributed by atoms with E-state index in [1.807, 2.05) is 35.2 Å². The topological polar surface area (TPSA) is 81.8 Å². The van der Waals surface area contributed by atoms with Crippen LogP contribution in [-0.2, 0) is 14.4 Å². The summed E-state index contributed by atoms with van der Waals surface area (Å²) in [6.07, 6.45) is 2.32. The third kappa shape index (κ3) is 6.93. The maximum absolute atomic E-state index is 11.9. The van der Waals surface area contributed by atoms with Gasteiger partial charge < -0.3 is 15.5 Å². The van der Waals surface area contributed by atoms with Crippen molar-refractivity contribution in [3.8, 4) is 0 Å². The van der Waals surface area contributed by atoms with Gasteiger partial charge in [-0.15, -0.1) is 0 Å². The molecule has 1 fully saturated rings. The van der Waals surface area contributed by atoms with Gasteiger partial charge in [-0.3, -0.25) is 19.3 Å². The Bertz CT molecular complexity index is 591. The Balaban J connectivity index is 1.57. The molecule has 0 atom stereocenters. The number of carbonyl (C=O) groups is 3. The van der Waals surface area contributed by atoms with Crippen molar-refractivity contribution in [3.05, 3.63) is 30.3 Å². The van der Waals surface area contributed by atoms with Crippen LogP contribution in [0.15, 0.2) is 30.3 Å². The molecule has 1 aromatic rings. The second kappa shape index (κ2) is 9.78. The van der Waals surface area contributed by atoms with Crippen LogP contribution in [-0.4, -0.2) is 67.3 Å². The van der Waals surface area contributed by atoms with Crippen molar-refractivity contribution < 1.29 is 14.4 Å². The minimum Gasteiger partial charge on any atom is -0.355 e. The second-order valence-electron chi connectivity index (χ2n) is 6.27. The highest BCUT2D eigenvalue weighted by Crippen LogP contribution is 2.09. The molecule has 1 aliphatic rings. The normalized spacial score (nSPS) is 14.0. The summed E-state index contributed by atoms with van der Waals surface area (Å²) in [5.41, 5.74) is 0.738. The van der Waals surface area contributed by atoms with Crippen molar-refractivity contribution in [1.29, 1.82) is 0 Å². The Hall–Kier alpha value is -2.41. The van der Waals surface area contributed by atoms with Gasteiger partial charge in [-0.2, -0.15) is 0 Å². The average molecular weight is 346 g/mol. The Kier molecular flexibility index (Phi) is 7.40. The monoisotopic (exact) mass is 346 g/mol. The van der Waals surface area contributed by atoms with Crippen molar-refractivity contribution in [2.24, 2.45) is 0 Å². The van der Waals surface area contributed by atoms with Crippen LogP contribution in [0.3, 0.4) is 0 Å². The van der Waals surface area contributed by atoms with Gasteiger partial charge in [0, 0.05) is 31.7 Å². The molecule has 1 heterocycles. The Labute approximate surface area is 148 Å².